The number of nitrogens with zero attached hydrogens (tertiary/aromatic N) is 4. The molecule has 10 nitrogen and oxygen atoms in total. The van der Waals surface area contributed by atoms with E-state index in [1.54, 1.807) is 36.1 Å². The third kappa shape index (κ3) is 6.30. The first kappa shape index (κ1) is 31.3. The summed E-state index contributed by atoms with van der Waals surface area (Å²) in [6.45, 7) is 4.28. The SMILES string of the molecule is CCOC(=O)N1Cc2ccc(COc3cccc(-c4cc(F)c(Cc5nc6ccc(C(=O)O)cc6n5C[C@@H]5CCO5)cc4F)n3)cc2C1. The number of amides is 1. The van der Waals surface area contributed by atoms with Crippen LogP contribution in [0.3, 0.4) is 0 Å². The Morgan fingerprint density at radius 2 is 1.83 bits per heavy atom. The van der Waals surface area contributed by atoms with Crippen LogP contribution >= 0.6 is 0 Å². The Labute approximate surface area is 274 Å². The second-order valence-corrected chi connectivity index (χ2v) is 11.8. The Bertz CT molecular complexity index is 2040. The fraction of sp³-hybridized carbons (Fsp3) is 0.278. The summed E-state index contributed by atoms with van der Waals surface area (Å²) in [5.74, 6) is -1.62. The summed E-state index contributed by atoms with van der Waals surface area (Å²) < 4.78 is 49.7. The van der Waals surface area contributed by atoms with Crippen molar-refractivity contribution in [2.75, 3.05) is 13.2 Å². The predicted octanol–water partition coefficient (Wildman–Crippen LogP) is 6.51. The van der Waals surface area contributed by atoms with Crippen LogP contribution in [0, 0.1) is 11.6 Å². The summed E-state index contributed by atoms with van der Waals surface area (Å²) in [5, 5.41) is 9.50. The van der Waals surface area contributed by atoms with Gasteiger partial charge in [0, 0.05) is 37.7 Å². The summed E-state index contributed by atoms with van der Waals surface area (Å²) >= 11 is 0. The van der Waals surface area contributed by atoms with E-state index in [2.05, 4.69) is 9.97 Å². The summed E-state index contributed by atoms with van der Waals surface area (Å²) in [7, 11) is 0. The number of aromatic nitrogens is 3. The highest BCUT2D eigenvalue weighted by atomic mass is 19.1. The molecule has 0 spiro atoms. The summed E-state index contributed by atoms with van der Waals surface area (Å²) in [6.07, 6.45) is 0.415. The molecule has 48 heavy (non-hydrogen) atoms. The maximum atomic E-state index is 15.6. The minimum atomic E-state index is -1.06. The first-order valence-electron chi connectivity index (χ1n) is 15.7. The van der Waals surface area contributed by atoms with E-state index in [9.17, 15) is 14.7 Å². The molecule has 1 atom stereocenters. The average Bonchev–Trinajstić information content (AvgIpc) is 3.64. The van der Waals surface area contributed by atoms with Gasteiger partial charge in [-0.05, 0) is 72.0 Å². The number of hydrogen-bond acceptors (Lipinski definition) is 7. The normalized spacial score (nSPS) is 15.3. The van der Waals surface area contributed by atoms with Crippen LogP contribution in [-0.4, -0.2) is 55.9 Å². The minimum Gasteiger partial charge on any atom is -0.478 e. The molecule has 1 N–H and O–H groups in total. The van der Waals surface area contributed by atoms with Gasteiger partial charge < -0.3 is 23.9 Å². The molecule has 3 aromatic carbocycles. The molecule has 7 rings (SSSR count). The highest BCUT2D eigenvalue weighted by Gasteiger charge is 2.25. The van der Waals surface area contributed by atoms with Gasteiger partial charge in [-0.25, -0.2) is 28.3 Å². The molecule has 2 aliphatic heterocycles. The topological polar surface area (TPSA) is 116 Å². The number of imidazole rings is 1. The minimum absolute atomic E-state index is 0.0122. The van der Waals surface area contributed by atoms with Gasteiger partial charge in [0.25, 0.3) is 0 Å². The van der Waals surface area contributed by atoms with Crippen LogP contribution in [0.25, 0.3) is 22.3 Å². The highest BCUT2D eigenvalue weighted by molar-refractivity contribution is 5.92. The monoisotopic (exact) mass is 654 g/mol. The van der Waals surface area contributed by atoms with Crippen LogP contribution in [0.15, 0.2) is 66.7 Å². The van der Waals surface area contributed by atoms with E-state index in [1.807, 2.05) is 22.8 Å². The Balaban J connectivity index is 1.08. The predicted molar refractivity (Wildman–Crippen MR) is 170 cm³/mol. The average molecular weight is 655 g/mol. The Morgan fingerprint density at radius 3 is 2.60 bits per heavy atom. The number of carbonyl (C=O) groups excluding carboxylic acids is 1. The third-order valence-electron chi connectivity index (χ3n) is 8.64. The van der Waals surface area contributed by atoms with Gasteiger partial charge in [0.15, 0.2) is 0 Å². The van der Waals surface area contributed by atoms with Gasteiger partial charge in [-0.3, -0.25) is 4.90 Å². The van der Waals surface area contributed by atoms with E-state index >= 15 is 8.78 Å². The number of pyridine rings is 1. The van der Waals surface area contributed by atoms with Crippen molar-refractivity contribution in [1.82, 2.24) is 19.4 Å². The fourth-order valence-electron chi connectivity index (χ4n) is 6.05. The number of ether oxygens (including phenoxy) is 3. The van der Waals surface area contributed by atoms with Gasteiger partial charge in [0.1, 0.15) is 24.1 Å². The number of aromatic carboxylic acids is 1. The third-order valence-corrected chi connectivity index (χ3v) is 8.64. The summed E-state index contributed by atoms with van der Waals surface area (Å²) in [6, 6.07) is 17.7. The number of hydrogen-bond donors (Lipinski definition) is 1. The lowest BCUT2D eigenvalue weighted by atomic mass is 10.0. The van der Waals surface area contributed by atoms with Crippen LogP contribution in [0.1, 0.15) is 51.8 Å². The van der Waals surface area contributed by atoms with Gasteiger partial charge in [-0.15, -0.1) is 0 Å². The number of halogens is 2. The van der Waals surface area contributed by atoms with Gasteiger partial charge in [-0.2, -0.15) is 0 Å². The van der Waals surface area contributed by atoms with Crippen LogP contribution in [0.2, 0.25) is 0 Å². The molecule has 1 fully saturated rings. The lowest BCUT2D eigenvalue weighted by molar-refractivity contribution is -0.0589. The second-order valence-electron chi connectivity index (χ2n) is 11.8. The maximum absolute atomic E-state index is 15.6. The van der Waals surface area contributed by atoms with Crippen molar-refractivity contribution < 1.29 is 37.7 Å². The molecule has 5 aromatic rings. The molecular formula is C36H32F2N4O6. The molecule has 4 heterocycles. The smallest absolute Gasteiger partial charge is 0.410 e. The van der Waals surface area contributed by atoms with E-state index in [0.717, 1.165) is 35.2 Å². The van der Waals surface area contributed by atoms with Crippen molar-refractivity contribution in [3.63, 3.8) is 0 Å². The number of fused-ring (bicyclic) bond motifs is 2. The Morgan fingerprint density at radius 1 is 1.00 bits per heavy atom. The molecule has 2 aromatic heterocycles. The second kappa shape index (κ2) is 13.0. The highest BCUT2D eigenvalue weighted by Crippen LogP contribution is 2.30. The molecule has 1 amide bonds. The molecule has 0 saturated carbocycles. The number of rotatable bonds is 10. The van der Waals surface area contributed by atoms with Crippen molar-refractivity contribution in [3.05, 3.63) is 112 Å². The van der Waals surface area contributed by atoms with E-state index in [4.69, 9.17) is 14.2 Å². The molecular weight excluding hydrogens is 622 g/mol. The number of carboxylic acids is 1. The van der Waals surface area contributed by atoms with Gasteiger partial charge in [0.2, 0.25) is 5.88 Å². The molecule has 1 saturated heterocycles. The van der Waals surface area contributed by atoms with Crippen LogP contribution in [-0.2, 0) is 42.1 Å². The largest absolute Gasteiger partial charge is 0.478 e. The van der Waals surface area contributed by atoms with Gasteiger partial charge in [-0.1, -0.05) is 24.3 Å². The molecule has 0 aliphatic carbocycles. The summed E-state index contributed by atoms with van der Waals surface area (Å²) in [4.78, 5) is 34.4. The van der Waals surface area contributed by atoms with Crippen molar-refractivity contribution >= 4 is 23.1 Å². The lowest BCUT2D eigenvalue weighted by Gasteiger charge is -2.27. The zero-order chi connectivity index (χ0) is 33.4. The number of carbonyl (C=O) groups is 2. The number of benzene rings is 3. The summed E-state index contributed by atoms with van der Waals surface area (Å²) in [5.41, 5.74) is 4.51. The fourth-order valence-corrected chi connectivity index (χ4v) is 6.05. The van der Waals surface area contributed by atoms with Crippen molar-refractivity contribution in [1.29, 1.82) is 0 Å². The quantitative estimate of drug-likeness (QED) is 0.181. The van der Waals surface area contributed by atoms with E-state index in [1.165, 1.54) is 12.1 Å². The van der Waals surface area contributed by atoms with Crippen molar-refractivity contribution in [3.8, 4) is 17.1 Å². The van der Waals surface area contributed by atoms with Crippen molar-refractivity contribution in [2.24, 2.45) is 0 Å². The van der Waals surface area contributed by atoms with Crippen molar-refractivity contribution in [2.45, 2.75) is 52.1 Å². The van der Waals surface area contributed by atoms with E-state index in [-0.39, 0.29) is 53.5 Å². The zero-order valence-corrected chi connectivity index (χ0v) is 26.1. The molecule has 2 aliphatic rings. The maximum Gasteiger partial charge on any atom is 0.410 e. The Hall–Kier alpha value is -5.36. The van der Waals surface area contributed by atoms with E-state index < -0.39 is 17.6 Å². The number of carboxylic acid groups (broad SMARTS) is 1. The standard InChI is InChI=1S/C36H32F2N4O6/c1-2-46-36(45)41-17-23-7-6-21(12-25(23)18-41)20-48-34-5-3-4-30(40-34)27-16-28(37)24(13-29(27)38)15-33-39-31-9-8-22(35(43)44)14-32(31)42(33)19-26-10-11-47-26/h3-9,12-14,16,26H,2,10-11,15,17-20H2,1H3,(H,43,44)/t26-/m0/s1. The Kier molecular flexibility index (Phi) is 8.49. The molecule has 246 valence electrons. The molecule has 0 bridgehead atoms. The first-order chi connectivity index (χ1) is 23.2. The van der Waals surface area contributed by atoms with Crippen LogP contribution < -0.4 is 4.74 Å². The lowest BCUT2D eigenvalue weighted by Crippen LogP contribution is -2.31. The van der Waals surface area contributed by atoms with Gasteiger partial charge in [0.05, 0.1) is 41.5 Å². The molecule has 0 radical (unpaired) electrons. The first-order valence-corrected chi connectivity index (χ1v) is 15.7. The van der Waals surface area contributed by atoms with Gasteiger partial charge >= 0.3 is 12.1 Å². The van der Waals surface area contributed by atoms with Crippen LogP contribution in [0.4, 0.5) is 13.6 Å². The van der Waals surface area contributed by atoms with E-state index in [0.29, 0.717) is 49.7 Å². The zero-order valence-electron chi connectivity index (χ0n) is 26.1. The molecule has 12 heteroatoms. The molecule has 0 unspecified atom stereocenters. The van der Waals surface area contributed by atoms with Crippen LogP contribution in [0.5, 0.6) is 5.88 Å².